The number of nitrogens with one attached hydrogen (secondary N) is 2. The predicted octanol–water partition coefficient (Wildman–Crippen LogP) is 4.30. The Morgan fingerprint density at radius 3 is 2.31 bits per heavy atom. The smallest absolute Gasteiger partial charge is 0.246 e. The Hall–Kier alpha value is -2.74. The lowest BCUT2D eigenvalue weighted by atomic mass is 9.84. The molecule has 2 heterocycles. The summed E-state index contributed by atoms with van der Waals surface area (Å²) in [5.41, 5.74) is 3.85. The molecular weight excluding hydrogens is 460 g/mol. The lowest BCUT2D eigenvalue weighted by Crippen LogP contribution is -2.58. The largest absolute Gasteiger partial charge is 0.350 e. The minimum atomic E-state index is -0.703. The van der Waals surface area contributed by atoms with Gasteiger partial charge in [0, 0.05) is 18.5 Å². The van der Waals surface area contributed by atoms with Crippen LogP contribution in [0, 0.1) is 17.8 Å². The van der Waals surface area contributed by atoms with Crippen LogP contribution >= 0.6 is 11.3 Å². The number of hydrogen-bond acceptors (Lipinski definition) is 5. The fourth-order valence-corrected chi connectivity index (χ4v) is 4.94. The third kappa shape index (κ3) is 6.48. The number of carbonyl (C=O) groups excluding carboxylic acids is 3. The number of benzene rings is 1. The molecule has 35 heavy (non-hydrogen) atoms. The van der Waals surface area contributed by atoms with Gasteiger partial charge in [0.1, 0.15) is 12.1 Å². The van der Waals surface area contributed by atoms with Crippen LogP contribution in [-0.4, -0.2) is 46.2 Å². The van der Waals surface area contributed by atoms with Crippen molar-refractivity contribution in [3.63, 3.8) is 0 Å². The quantitative estimate of drug-likeness (QED) is 0.621. The Labute approximate surface area is 212 Å². The first-order chi connectivity index (χ1) is 16.3. The molecule has 3 amide bonds. The third-order valence-corrected chi connectivity index (χ3v) is 7.31. The Balaban J connectivity index is 1.65. The van der Waals surface area contributed by atoms with Crippen molar-refractivity contribution >= 4 is 29.1 Å². The Bertz CT molecular complexity index is 1060. The van der Waals surface area contributed by atoms with E-state index in [-0.39, 0.29) is 17.7 Å². The van der Waals surface area contributed by atoms with Crippen LogP contribution in [0.1, 0.15) is 65.6 Å². The summed E-state index contributed by atoms with van der Waals surface area (Å²) in [6.07, 6.45) is 1.38. The first-order valence-electron chi connectivity index (χ1n) is 12.2. The van der Waals surface area contributed by atoms with E-state index in [1.165, 1.54) is 0 Å². The van der Waals surface area contributed by atoms with E-state index in [0.717, 1.165) is 28.1 Å². The van der Waals surface area contributed by atoms with Crippen molar-refractivity contribution in [3.05, 3.63) is 41.0 Å². The molecule has 0 radical (unpaired) electrons. The van der Waals surface area contributed by atoms with E-state index in [4.69, 9.17) is 0 Å². The van der Waals surface area contributed by atoms with Crippen LogP contribution in [0.5, 0.6) is 0 Å². The molecular formula is C27H38N4O3S. The number of hydrogen-bond donors (Lipinski definition) is 2. The maximum atomic E-state index is 13.5. The average molecular weight is 499 g/mol. The second-order valence-corrected chi connectivity index (χ2v) is 12.2. The number of aromatic nitrogens is 1. The average Bonchev–Trinajstić information content (AvgIpc) is 3.43. The topological polar surface area (TPSA) is 91.4 Å². The Morgan fingerprint density at radius 2 is 1.77 bits per heavy atom. The number of aryl methyl sites for hydroxylation is 1. The standard InChI is InChI=1S/C27H38N4O3S/c1-17-21(35-16-29-17)19-12-10-18(11-13-19)15-28-23(32)20-9-8-14-31(20)24(33)22(26(2,3)4)30-25(34)27(5,6)7/h10-13,16,20,22H,8-9,14-15H2,1-7H3,(H,28,32)(H,30,34). The molecule has 1 aliphatic heterocycles. The van der Waals surface area contributed by atoms with Crippen LogP contribution in [0.25, 0.3) is 10.4 Å². The fraction of sp³-hybridized carbons (Fsp3) is 0.556. The summed E-state index contributed by atoms with van der Waals surface area (Å²) >= 11 is 1.61. The Kier molecular flexibility index (Phi) is 8.04. The summed E-state index contributed by atoms with van der Waals surface area (Å²) in [5.74, 6) is -0.534. The van der Waals surface area contributed by atoms with Gasteiger partial charge in [-0.1, -0.05) is 65.8 Å². The minimum absolute atomic E-state index is 0.159. The van der Waals surface area contributed by atoms with Crippen LogP contribution in [-0.2, 0) is 20.9 Å². The summed E-state index contributed by atoms with van der Waals surface area (Å²) < 4.78 is 0. The van der Waals surface area contributed by atoms with Gasteiger partial charge in [-0.25, -0.2) is 4.98 Å². The van der Waals surface area contributed by atoms with Gasteiger partial charge in [-0.05, 0) is 36.3 Å². The van der Waals surface area contributed by atoms with E-state index < -0.39 is 22.9 Å². The van der Waals surface area contributed by atoms with Crippen LogP contribution in [0.3, 0.4) is 0 Å². The van der Waals surface area contributed by atoms with Crippen LogP contribution in [0.4, 0.5) is 0 Å². The van der Waals surface area contributed by atoms with Crippen molar-refractivity contribution in [3.8, 4) is 10.4 Å². The van der Waals surface area contributed by atoms with Gasteiger partial charge in [0.2, 0.25) is 17.7 Å². The normalized spacial score (nSPS) is 17.2. The second-order valence-electron chi connectivity index (χ2n) is 11.4. The van der Waals surface area contributed by atoms with Crippen LogP contribution in [0.2, 0.25) is 0 Å². The molecule has 1 aromatic carbocycles. The molecule has 0 aliphatic carbocycles. The van der Waals surface area contributed by atoms with E-state index in [0.29, 0.717) is 19.5 Å². The van der Waals surface area contributed by atoms with Crippen molar-refractivity contribution in [2.75, 3.05) is 6.54 Å². The van der Waals surface area contributed by atoms with Gasteiger partial charge in [-0.2, -0.15) is 0 Å². The Morgan fingerprint density at radius 1 is 1.11 bits per heavy atom. The molecule has 8 heteroatoms. The second kappa shape index (κ2) is 10.5. The highest BCUT2D eigenvalue weighted by molar-refractivity contribution is 7.13. The zero-order valence-electron chi connectivity index (χ0n) is 21.9. The van der Waals surface area contributed by atoms with E-state index in [2.05, 4.69) is 15.6 Å². The highest BCUT2D eigenvalue weighted by Gasteiger charge is 2.42. The maximum Gasteiger partial charge on any atom is 0.246 e. The molecule has 0 saturated carbocycles. The molecule has 190 valence electrons. The summed E-state index contributed by atoms with van der Waals surface area (Å²) in [4.78, 5) is 46.4. The number of nitrogens with zero attached hydrogens (tertiary/aromatic N) is 2. The lowest BCUT2D eigenvalue weighted by molar-refractivity contribution is -0.145. The molecule has 2 N–H and O–H groups in total. The number of amides is 3. The summed E-state index contributed by atoms with van der Waals surface area (Å²) in [6, 6.07) is 6.86. The van der Waals surface area contributed by atoms with Gasteiger partial charge in [0.15, 0.2) is 0 Å². The highest BCUT2D eigenvalue weighted by atomic mass is 32.1. The van der Waals surface area contributed by atoms with E-state index >= 15 is 0 Å². The van der Waals surface area contributed by atoms with Crippen molar-refractivity contribution in [1.82, 2.24) is 20.5 Å². The fourth-order valence-electron chi connectivity index (χ4n) is 4.13. The van der Waals surface area contributed by atoms with Gasteiger partial charge < -0.3 is 15.5 Å². The SMILES string of the molecule is Cc1ncsc1-c1ccc(CNC(=O)C2CCCN2C(=O)C(NC(=O)C(C)(C)C)C(C)(C)C)cc1. The highest BCUT2D eigenvalue weighted by Crippen LogP contribution is 2.28. The van der Waals surface area contributed by atoms with Crippen molar-refractivity contribution in [2.24, 2.45) is 10.8 Å². The molecule has 3 rings (SSSR count). The van der Waals surface area contributed by atoms with Gasteiger partial charge in [0.05, 0.1) is 16.1 Å². The molecule has 2 unspecified atom stereocenters. The van der Waals surface area contributed by atoms with E-state index in [1.807, 2.05) is 78.2 Å². The van der Waals surface area contributed by atoms with Gasteiger partial charge in [-0.15, -0.1) is 11.3 Å². The van der Waals surface area contributed by atoms with Gasteiger partial charge in [-0.3, -0.25) is 14.4 Å². The summed E-state index contributed by atoms with van der Waals surface area (Å²) in [7, 11) is 0. The first-order valence-corrected chi connectivity index (χ1v) is 13.1. The molecule has 0 bridgehead atoms. The van der Waals surface area contributed by atoms with Crippen LogP contribution < -0.4 is 10.6 Å². The number of likely N-dealkylation sites (tertiary alicyclic amines) is 1. The molecule has 1 aliphatic rings. The maximum absolute atomic E-state index is 13.5. The molecule has 2 aromatic rings. The van der Waals surface area contributed by atoms with Gasteiger partial charge in [0.25, 0.3) is 0 Å². The monoisotopic (exact) mass is 498 g/mol. The lowest BCUT2D eigenvalue weighted by Gasteiger charge is -2.36. The summed E-state index contributed by atoms with van der Waals surface area (Å²) in [6.45, 7) is 14.2. The van der Waals surface area contributed by atoms with Crippen molar-refractivity contribution < 1.29 is 14.4 Å². The molecule has 7 nitrogen and oxygen atoms in total. The summed E-state index contributed by atoms with van der Waals surface area (Å²) in [5, 5.41) is 5.95. The predicted molar refractivity (Wildman–Crippen MR) is 140 cm³/mol. The number of rotatable bonds is 6. The van der Waals surface area contributed by atoms with E-state index in [1.54, 1.807) is 16.2 Å². The molecule has 1 fully saturated rings. The van der Waals surface area contributed by atoms with Crippen LogP contribution in [0.15, 0.2) is 29.8 Å². The first kappa shape index (κ1) is 26.9. The zero-order chi connectivity index (χ0) is 26.0. The third-order valence-electron chi connectivity index (χ3n) is 6.34. The zero-order valence-corrected chi connectivity index (χ0v) is 22.7. The van der Waals surface area contributed by atoms with Crippen molar-refractivity contribution in [1.29, 1.82) is 0 Å². The molecule has 1 aromatic heterocycles. The molecule has 0 spiro atoms. The number of carbonyl (C=O) groups is 3. The number of thiazole rings is 1. The molecule has 1 saturated heterocycles. The molecule has 2 atom stereocenters. The minimum Gasteiger partial charge on any atom is -0.350 e. The van der Waals surface area contributed by atoms with E-state index in [9.17, 15) is 14.4 Å². The van der Waals surface area contributed by atoms with Gasteiger partial charge >= 0.3 is 0 Å². The van der Waals surface area contributed by atoms with Crippen molar-refractivity contribution in [2.45, 2.75) is 79.9 Å².